The molecule has 10 unspecified atom stereocenters. The number of carboxylic acid groups (broad SMARTS) is 1. The van der Waals surface area contributed by atoms with E-state index in [1.54, 1.807) is 12.1 Å². The number of fused-ring (bicyclic) bond motifs is 7. The zero-order valence-corrected chi connectivity index (χ0v) is 36.3. The molecule has 6 aliphatic rings. The molecule has 4 saturated carbocycles. The molecular formula is C49H66N2O5S. The number of sulfone groups is 1. The first-order valence-corrected chi connectivity index (χ1v) is 23.6. The van der Waals surface area contributed by atoms with Crippen molar-refractivity contribution in [3.8, 4) is 0 Å². The van der Waals surface area contributed by atoms with Crippen LogP contribution in [0.4, 0.5) is 0 Å². The fourth-order valence-corrected chi connectivity index (χ4v) is 16.5. The number of hydrogen-bond donors (Lipinski definition) is 2. The van der Waals surface area contributed by atoms with Crippen molar-refractivity contribution in [1.29, 1.82) is 0 Å². The third-order valence-corrected chi connectivity index (χ3v) is 19.9. The van der Waals surface area contributed by atoms with Gasteiger partial charge in [0.25, 0.3) is 0 Å². The zero-order valence-electron chi connectivity index (χ0n) is 35.5. The van der Waals surface area contributed by atoms with Gasteiger partial charge in [-0.25, -0.2) is 13.2 Å². The predicted octanol–water partition coefficient (Wildman–Crippen LogP) is 9.77. The Bertz CT molecular complexity index is 2080. The van der Waals surface area contributed by atoms with Crippen LogP contribution in [0.2, 0.25) is 0 Å². The molecule has 1 saturated heterocycles. The van der Waals surface area contributed by atoms with Gasteiger partial charge in [-0.3, -0.25) is 9.69 Å². The van der Waals surface area contributed by atoms with E-state index in [0.717, 1.165) is 56.1 Å². The molecule has 10 atom stereocenters. The molecule has 1 amide bonds. The lowest BCUT2D eigenvalue weighted by atomic mass is 9.29. The van der Waals surface area contributed by atoms with Crippen LogP contribution >= 0.6 is 0 Å². The number of benzene rings is 2. The van der Waals surface area contributed by atoms with Crippen LogP contribution in [-0.2, 0) is 14.6 Å². The SMILES string of the molecule is C=C(C)C1CCC2(NC(=O)C(c3ccccc3)N3CCS(=O)(=O)CC3)CCC3(C)C(C)(CCC4C5(C)CC=C(c6ccc(C(=O)O)cc6)C(C)(C)C5CCC43C)C12. The van der Waals surface area contributed by atoms with E-state index in [9.17, 15) is 18.3 Å². The van der Waals surface area contributed by atoms with Crippen LogP contribution in [0.3, 0.4) is 0 Å². The lowest BCUT2D eigenvalue weighted by Crippen LogP contribution is -2.72. The molecule has 8 rings (SSSR count). The zero-order chi connectivity index (χ0) is 41.0. The summed E-state index contributed by atoms with van der Waals surface area (Å²) in [5.74, 6) is 0.928. The van der Waals surface area contributed by atoms with Gasteiger partial charge in [-0.15, -0.1) is 0 Å². The molecule has 2 aromatic rings. The Hall–Kier alpha value is -3.23. The fraction of sp³-hybridized carbons (Fsp3) is 0.633. The average Bonchev–Trinajstić information content (AvgIpc) is 3.54. The summed E-state index contributed by atoms with van der Waals surface area (Å²) >= 11 is 0. The first-order chi connectivity index (χ1) is 26.7. The van der Waals surface area contributed by atoms with Crippen LogP contribution in [0.25, 0.3) is 5.57 Å². The lowest BCUT2D eigenvalue weighted by Gasteiger charge is -2.75. The van der Waals surface area contributed by atoms with E-state index in [0.29, 0.717) is 36.4 Å². The molecule has 0 bridgehead atoms. The molecule has 5 aliphatic carbocycles. The van der Waals surface area contributed by atoms with Crippen LogP contribution in [0.15, 0.2) is 72.8 Å². The molecule has 0 radical (unpaired) electrons. The number of amides is 1. The molecule has 308 valence electrons. The highest BCUT2D eigenvalue weighted by atomic mass is 32.2. The second-order valence-corrected chi connectivity index (χ2v) is 23.2. The van der Waals surface area contributed by atoms with Gasteiger partial charge in [0.2, 0.25) is 5.91 Å². The number of aromatic carboxylic acids is 1. The van der Waals surface area contributed by atoms with Gasteiger partial charge in [-0.2, -0.15) is 0 Å². The van der Waals surface area contributed by atoms with Gasteiger partial charge in [-0.05, 0) is 144 Å². The van der Waals surface area contributed by atoms with Crippen molar-refractivity contribution in [3.05, 3.63) is 89.5 Å². The second kappa shape index (κ2) is 13.7. The van der Waals surface area contributed by atoms with E-state index in [4.69, 9.17) is 0 Å². The summed E-state index contributed by atoms with van der Waals surface area (Å²) in [7, 11) is -3.10. The Kier molecular flexibility index (Phi) is 9.71. The predicted molar refractivity (Wildman–Crippen MR) is 228 cm³/mol. The highest BCUT2D eigenvalue weighted by Crippen LogP contribution is 2.80. The summed E-state index contributed by atoms with van der Waals surface area (Å²) < 4.78 is 25.0. The average molecular weight is 795 g/mol. The molecule has 57 heavy (non-hydrogen) atoms. The topological polar surface area (TPSA) is 104 Å². The van der Waals surface area contributed by atoms with Crippen molar-refractivity contribution < 1.29 is 23.1 Å². The Morgan fingerprint density at radius 3 is 2.09 bits per heavy atom. The van der Waals surface area contributed by atoms with Gasteiger partial charge in [0.05, 0.1) is 17.1 Å². The van der Waals surface area contributed by atoms with E-state index in [1.807, 2.05) is 42.5 Å². The fourth-order valence-electron chi connectivity index (χ4n) is 15.3. The van der Waals surface area contributed by atoms with Crippen molar-refractivity contribution in [2.45, 2.75) is 118 Å². The minimum Gasteiger partial charge on any atom is -0.478 e. The second-order valence-electron chi connectivity index (χ2n) is 20.9. The molecule has 7 nitrogen and oxygen atoms in total. The van der Waals surface area contributed by atoms with Crippen molar-refractivity contribution in [2.24, 2.45) is 50.7 Å². The van der Waals surface area contributed by atoms with E-state index >= 15 is 4.79 Å². The van der Waals surface area contributed by atoms with E-state index in [-0.39, 0.29) is 55.9 Å². The van der Waals surface area contributed by atoms with E-state index < -0.39 is 21.8 Å². The third-order valence-electron chi connectivity index (χ3n) is 18.3. The van der Waals surface area contributed by atoms with Crippen molar-refractivity contribution in [1.82, 2.24) is 10.2 Å². The lowest BCUT2D eigenvalue weighted by molar-refractivity contribution is -0.256. The highest BCUT2D eigenvalue weighted by Gasteiger charge is 2.74. The van der Waals surface area contributed by atoms with Crippen molar-refractivity contribution >= 4 is 27.3 Å². The monoisotopic (exact) mass is 794 g/mol. The summed E-state index contributed by atoms with van der Waals surface area (Å²) in [6, 6.07) is 16.9. The van der Waals surface area contributed by atoms with Crippen LogP contribution in [0.5, 0.6) is 0 Å². The summed E-state index contributed by atoms with van der Waals surface area (Å²) in [6.07, 6.45) is 12.1. The van der Waals surface area contributed by atoms with Gasteiger partial charge in [-0.1, -0.05) is 102 Å². The highest BCUT2D eigenvalue weighted by molar-refractivity contribution is 7.91. The Labute approximate surface area is 342 Å². The number of hydrogen-bond acceptors (Lipinski definition) is 5. The smallest absolute Gasteiger partial charge is 0.335 e. The summed E-state index contributed by atoms with van der Waals surface area (Å²) in [5.41, 5.74) is 4.83. The number of carboxylic acids is 1. The van der Waals surface area contributed by atoms with E-state index in [2.05, 4.69) is 71.3 Å². The van der Waals surface area contributed by atoms with Gasteiger partial charge in [0.15, 0.2) is 9.84 Å². The number of nitrogens with one attached hydrogen (secondary N) is 1. The maximum Gasteiger partial charge on any atom is 0.335 e. The molecular weight excluding hydrogens is 729 g/mol. The molecule has 1 heterocycles. The van der Waals surface area contributed by atoms with Crippen molar-refractivity contribution in [2.75, 3.05) is 24.6 Å². The molecule has 0 spiro atoms. The Balaban J connectivity index is 1.13. The number of carbonyl (C=O) groups is 2. The van der Waals surface area contributed by atoms with Crippen LogP contribution in [0, 0.1) is 50.7 Å². The number of nitrogens with zero attached hydrogens (tertiary/aromatic N) is 1. The number of rotatable bonds is 7. The Morgan fingerprint density at radius 2 is 1.46 bits per heavy atom. The summed E-state index contributed by atoms with van der Waals surface area (Å²) in [4.78, 5) is 28.7. The Morgan fingerprint density at radius 1 is 0.825 bits per heavy atom. The molecule has 1 aliphatic heterocycles. The van der Waals surface area contributed by atoms with Crippen LogP contribution in [-0.4, -0.2) is 60.4 Å². The van der Waals surface area contributed by atoms with E-state index in [1.165, 1.54) is 24.0 Å². The summed E-state index contributed by atoms with van der Waals surface area (Å²) in [5, 5.41) is 13.4. The maximum absolute atomic E-state index is 15.0. The first-order valence-electron chi connectivity index (χ1n) is 21.7. The summed E-state index contributed by atoms with van der Waals surface area (Å²) in [6.45, 7) is 22.9. The van der Waals surface area contributed by atoms with Gasteiger partial charge in [0, 0.05) is 18.6 Å². The first kappa shape index (κ1) is 40.5. The van der Waals surface area contributed by atoms with Gasteiger partial charge < -0.3 is 10.4 Å². The number of allylic oxidation sites excluding steroid dienone is 3. The van der Waals surface area contributed by atoms with Crippen LogP contribution in [0.1, 0.15) is 134 Å². The largest absolute Gasteiger partial charge is 0.478 e. The molecule has 8 heteroatoms. The van der Waals surface area contributed by atoms with Crippen LogP contribution < -0.4 is 5.32 Å². The minimum atomic E-state index is -3.10. The number of carbonyl (C=O) groups excluding carboxylic acids is 1. The molecule has 5 fully saturated rings. The third kappa shape index (κ3) is 5.98. The molecule has 2 N–H and O–H groups in total. The van der Waals surface area contributed by atoms with Gasteiger partial charge >= 0.3 is 5.97 Å². The van der Waals surface area contributed by atoms with Crippen molar-refractivity contribution in [3.63, 3.8) is 0 Å². The quantitative estimate of drug-likeness (QED) is 0.271. The normalized spacial score (nSPS) is 39.9. The maximum atomic E-state index is 15.0. The standard InChI is InChI=1S/C49H66N2O5S/c1-32(2)36-18-25-49(50-42(52)40(34-12-10-9-11-13-34)51-28-30-57(55,56)31-29-51)27-26-48(8)46(6)23-20-38-44(3,4)37(33-14-16-35(17-15-33)43(53)54)19-22-45(38,5)39(46)21-24-47(48,7)41(36)49/h9-17,19,36,38-41H,1,18,20-31H2,2-8H3,(H,50,52)(H,53,54). The minimum absolute atomic E-state index is 0.0117. The van der Waals surface area contributed by atoms with Gasteiger partial charge in [0.1, 0.15) is 6.04 Å². The molecule has 2 aromatic carbocycles. The molecule has 0 aromatic heterocycles.